The molecule has 0 radical (unpaired) electrons. The van der Waals surface area contributed by atoms with E-state index in [2.05, 4.69) is 10.3 Å². The molecule has 0 saturated heterocycles. The second kappa shape index (κ2) is 6.91. The van der Waals surface area contributed by atoms with Crippen LogP contribution in [0.2, 0.25) is 0 Å². The summed E-state index contributed by atoms with van der Waals surface area (Å²) in [5, 5.41) is 13.3. The number of aryl methyl sites for hydroxylation is 2. The van der Waals surface area contributed by atoms with Gasteiger partial charge in [0.15, 0.2) is 0 Å². The molecule has 0 spiro atoms. The summed E-state index contributed by atoms with van der Waals surface area (Å²) >= 11 is 1.48. The molecular formula is C14H22N2O2S. The lowest BCUT2D eigenvalue weighted by Crippen LogP contribution is -2.51. The SMILES string of the molecule is CCCNC(C)(CSc1cc(C)cc(C)n1)C(=O)O. The average molecular weight is 282 g/mol. The lowest BCUT2D eigenvalue weighted by molar-refractivity contribution is -0.143. The number of thioether (sulfide) groups is 1. The monoisotopic (exact) mass is 282 g/mol. The summed E-state index contributed by atoms with van der Waals surface area (Å²) in [5.41, 5.74) is 1.19. The summed E-state index contributed by atoms with van der Waals surface area (Å²) in [5.74, 6) is -0.365. The molecule has 0 aliphatic heterocycles. The number of nitrogens with zero attached hydrogens (tertiary/aromatic N) is 1. The lowest BCUT2D eigenvalue weighted by Gasteiger charge is -2.25. The van der Waals surface area contributed by atoms with E-state index in [-0.39, 0.29) is 0 Å². The molecule has 1 aromatic heterocycles. The van der Waals surface area contributed by atoms with Crippen LogP contribution in [0.15, 0.2) is 17.2 Å². The number of carboxylic acids is 1. The molecule has 1 unspecified atom stereocenters. The maximum atomic E-state index is 11.4. The van der Waals surface area contributed by atoms with Gasteiger partial charge in [-0.1, -0.05) is 6.92 Å². The molecule has 0 aliphatic rings. The Bertz CT molecular complexity index is 431. The van der Waals surface area contributed by atoms with Crippen molar-refractivity contribution in [3.8, 4) is 0 Å². The molecule has 2 N–H and O–H groups in total. The van der Waals surface area contributed by atoms with Crippen molar-refractivity contribution in [3.63, 3.8) is 0 Å². The Hall–Kier alpha value is -1.07. The van der Waals surface area contributed by atoms with Crippen molar-refractivity contribution in [1.29, 1.82) is 0 Å². The molecule has 1 atom stereocenters. The zero-order chi connectivity index (χ0) is 14.5. The third kappa shape index (κ3) is 4.84. The number of rotatable bonds is 7. The third-order valence-corrected chi connectivity index (χ3v) is 4.05. The van der Waals surface area contributed by atoms with Crippen LogP contribution in [-0.4, -0.2) is 33.9 Å². The van der Waals surface area contributed by atoms with Gasteiger partial charge < -0.3 is 10.4 Å². The Morgan fingerprint density at radius 1 is 1.47 bits per heavy atom. The normalized spacial score (nSPS) is 14.1. The van der Waals surface area contributed by atoms with Crippen LogP contribution in [0.1, 0.15) is 31.5 Å². The lowest BCUT2D eigenvalue weighted by atomic mass is 10.1. The predicted octanol–water partition coefficient (Wildman–Crippen LogP) is 2.63. The number of aliphatic carboxylic acids is 1. The molecule has 106 valence electrons. The Morgan fingerprint density at radius 2 is 2.16 bits per heavy atom. The van der Waals surface area contributed by atoms with E-state index in [1.165, 1.54) is 11.8 Å². The molecule has 5 heteroatoms. The van der Waals surface area contributed by atoms with Gasteiger partial charge in [-0.2, -0.15) is 0 Å². The standard InChI is InChI=1S/C14H22N2O2S/c1-5-6-15-14(4,13(17)18)9-19-12-8-10(2)7-11(3)16-12/h7-8,15H,5-6,9H2,1-4H3,(H,17,18). The van der Waals surface area contributed by atoms with Crippen molar-refractivity contribution in [2.45, 2.75) is 44.7 Å². The molecule has 1 heterocycles. The van der Waals surface area contributed by atoms with E-state index in [0.717, 1.165) is 22.7 Å². The van der Waals surface area contributed by atoms with E-state index < -0.39 is 11.5 Å². The molecule has 19 heavy (non-hydrogen) atoms. The van der Waals surface area contributed by atoms with Crippen molar-refractivity contribution in [2.75, 3.05) is 12.3 Å². The largest absolute Gasteiger partial charge is 0.480 e. The highest BCUT2D eigenvalue weighted by Crippen LogP contribution is 2.22. The molecule has 0 aromatic carbocycles. The van der Waals surface area contributed by atoms with Crippen LogP contribution in [-0.2, 0) is 4.79 Å². The van der Waals surface area contributed by atoms with Gasteiger partial charge in [-0.15, -0.1) is 11.8 Å². The molecule has 0 saturated carbocycles. The quantitative estimate of drug-likeness (QED) is 0.753. The fourth-order valence-electron chi connectivity index (χ4n) is 1.69. The van der Waals surface area contributed by atoms with Crippen molar-refractivity contribution in [2.24, 2.45) is 0 Å². The Morgan fingerprint density at radius 3 is 2.68 bits per heavy atom. The summed E-state index contributed by atoms with van der Waals surface area (Å²) in [6.45, 7) is 8.41. The zero-order valence-corrected chi connectivity index (χ0v) is 12.8. The van der Waals surface area contributed by atoms with Gasteiger partial charge in [-0.25, -0.2) is 4.98 Å². The summed E-state index contributed by atoms with van der Waals surface area (Å²) in [4.78, 5) is 15.8. The smallest absolute Gasteiger partial charge is 0.324 e. The summed E-state index contributed by atoms with van der Waals surface area (Å²) in [6, 6.07) is 4.00. The van der Waals surface area contributed by atoms with Crippen molar-refractivity contribution in [1.82, 2.24) is 10.3 Å². The van der Waals surface area contributed by atoms with Crippen LogP contribution in [0.4, 0.5) is 0 Å². The second-order valence-corrected chi connectivity index (χ2v) is 5.97. The topological polar surface area (TPSA) is 62.2 Å². The molecule has 0 amide bonds. The predicted molar refractivity (Wildman–Crippen MR) is 78.8 cm³/mol. The molecule has 4 nitrogen and oxygen atoms in total. The Balaban J connectivity index is 2.73. The first kappa shape index (κ1) is 16.0. The molecule has 1 aromatic rings. The van der Waals surface area contributed by atoms with E-state index in [1.54, 1.807) is 6.92 Å². The average Bonchev–Trinajstić information content (AvgIpc) is 2.32. The van der Waals surface area contributed by atoms with E-state index in [4.69, 9.17) is 0 Å². The number of carbonyl (C=O) groups is 1. The number of hydrogen-bond donors (Lipinski definition) is 2. The van der Waals surface area contributed by atoms with Crippen molar-refractivity contribution in [3.05, 3.63) is 23.4 Å². The van der Waals surface area contributed by atoms with Gasteiger partial charge in [0.1, 0.15) is 5.54 Å². The number of aromatic nitrogens is 1. The van der Waals surface area contributed by atoms with Crippen molar-refractivity contribution < 1.29 is 9.90 Å². The fraction of sp³-hybridized carbons (Fsp3) is 0.571. The molecular weight excluding hydrogens is 260 g/mol. The first-order valence-corrected chi connectivity index (χ1v) is 7.42. The molecule has 0 aliphatic carbocycles. The molecule has 0 bridgehead atoms. The highest BCUT2D eigenvalue weighted by molar-refractivity contribution is 7.99. The number of nitrogens with one attached hydrogen (secondary N) is 1. The maximum Gasteiger partial charge on any atom is 0.324 e. The van der Waals surface area contributed by atoms with Crippen LogP contribution in [0.5, 0.6) is 0 Å². The number of hydrogen-bond acceptors (Lipinski definition) is 4. The van der Waals surface area contributed by atoms with E-state index in [9.17, 15) is 9.90 Å². The highest BCUT2D eigenvalue weighted by Gasteiger charge is 2.32. The third-order valence-electron chi connectivity index (χ3n) is 2.82. The minimum absolute atomic E-state index is 0.457. The summed E-state index contributed by atoms with van der Waals surface area (Å²) in [6.07, 6.45) is 0.912. The van der Waals surface area contributed by atoms with Gasteiger partial charge in [0.2, 0.25) is 0 Å². The van der Waals surface area contributed by atoms with Gasteiger partial charge in [0.25, 0.3) is 0 Å². The van der Waals surface area contributed by atoms with E-state index in [1.807, 2.05) is 32.9 Å². The number of pyridine rings is 1. The molecule has 0 fully saturated rings. The van der Waals surface area contributed by atoms with Gasteiger partial charge in [0, 0.05) is 11.4 Å². The summed E-state index contributed by atoms with van der Waals surface area (Å²) < 4.78 is 0. The van der Waals surface area contributed by atoms with Crippen LogP contribution in [0.3, 0.4) is 0 Å². The maximum absolute atomic E-state index is 11.4. The number of carboxylic acid groups (broad SMARTS) is 1. The molecule has 1 rings (SSSR count). The Labute approximate surface area is 119 Å². The van der Waals surface area contributed by atoms with Gasteiger partial charge in [-0.05, 0) is 51.4 Å². The fourth-order valence-corrected chi connectivity index (χ4v) is 2.83. The van der Waals surface area contributed by atoms with Crippen molar-refractivity contribution >= 4 is 17.7 Å². The summed E-state index contributed by atoms with van der Waals surface area (Å²) in [7, 11) is 0. The van der Waals surface area contributed by atoms with Gasteiger partial charge in [0.05, 0.1) is 5.03 Å². The van der Waals surface area contributed by atoms with Crippen LogP contribution >= 0.6 is 11.8 Å². The zero-order valence-electron chi connectivity index (χ0n) is 12.0. The highest BCUT2D eigenvalue weighted by atomic mass is 32.2. The van der Waals surface area contributed by atoms with Crippen LogP contribution < -0.4 is 5.32 Å². The first-order valence-electron chi connectivity index (χ1n) is 6.44. The van der Waals surface area contributed by atoms with Gasteiger partial charge in [-0.3, -0.25) is 4.79 Å². The van der Waals surface area contributed by atoms with E-state index in [0.29, 0.717) is 12.3 Å². The van der Waals surface area contributed by atoms with Crippen LogP contribution in [0, 0.1) is 13.8 Å². The van der Waals surface area contributed by atoms with Crippen LogP contribution in [0.25, 0.3) is 0 Å². The van der Waals surface area contributed by atoms with Gasteiger partial charge >= 0.3 is 5.97 Å². The minimum Gasteiger partial charge on any atom is -0.480 e. The van der Waals surface area contributed by atoms with E-state index >= 15 is 0 Å². The minimum atomic E-state index is -0.917. The Kier molecular flexibility index (Phi) is 5.82. The first-order chi connectivity index (χ1) is 8.87. The second-order valence-electron chi connectivity index (χ2n) is 4.98.